The lowest BCUT2D eigenvalue weighted by Crippen LogP contribution is -2.47. The van der Waals surface area contributed by atoms with Crippen LogP contribution in [0.5, 0.6) is 0 Å². The van der Waals surface area contributed by atoms with Gasteiger partial charge in [0.2, 0.25) is 0 Å². The molecule has 2 rings (SSSR count). The van der Waals surface area contributed by atoms with Crippen LogP contribution in [-0.4, -0.2) is 43.3 Å². The maximum absolute atomic E-state index is 12.4. The van der Waals surface area contributed by atoms with Crippen LogP contribution in [0.15, 0.2) is 24.3 Å². The van der Waals surface area contributed by atoms with E-state index < -0.39 is 0 Å². The number of amides is 2. The van der Waals surface area contributed by atoms with E-state index in [0.29, 0.717) is 19.6 Å². The van der Waals surface area contributed by atoms with Gasteiger partial charge in [-0.3, -0.25) is 0 Å². The normalized spacial score (nSPS) is 18.0. The third-order valence-corrected chi connectivity index (χ3v) is 4.68. The number of likely N-dealkylation sites (N-methyl/N-ethyl adjacent to an activating group) is 1. The van der Waals surface area contributed by atoms with Gasteiger partial charge in [0.15, 0.2) is 0 Å². The van der Waals surface area contributed by atoms with Crippen molar-refractivity contribution < 1.29 is 9.53 Å². The second-order valence-corrected chi connectivity index (χ2v) is 7.16. The number of hydrogen-bond donors (Lipinski definition) is 1. The monoisotopic (exact) mass is 338 g/mol. The smallest absolute Gasteiger partial charge is 0.317 e. The van der Waals surface area contributed by atoms with Crippen molar-refractivity contribution in [1.82, 2.24) is 10.2 Å². The summed E-state index contributed by atoms with van der Waals surface area (Å²) in [7, 11) is 0. The molecule has 23 heavy (non-hydrogen) atoms. The quantitative estimate of drug-likeness (QED) is 0.856. The molecule has 1 fully saturated rings. The molecule has 5 heteroatoms. The molecule has 1 heterocycles. The molecule has 4 nitrogen and oxygen atoms in total. The molecule has 0 spiro atoms. The van der Waals surface area contributed by atoms with Crippen molar-refractivity contribution in [3.8, 4) is 0 Å². The summed E-state index contributed by atoms with van der Waals surface area (Å²) in [6, 6.07) is 7.77. The summed E-state index contributed by atoms with van der Waals surface area (Å²) in [6.45, 7) is 8.98. The Balaban J connectivity index is 1.89. The Morgan fingerprint density at radius 2 is 2.09 bits per heavy atom. The maximum atomic E-state index is 12.4. The Kier molecular flexibility index (Phi) is 6.31. The van der Waals surface area contributed by atoms with Gasteiger partial charge in [0.05, 0.1) is 6.10 Å². The van der Waals surface area contributed by atoms with Crippen molar-refractivity contribution in [3.63, 3.8) is 0 Å². The molecule has 1 aromatic carbocycles. The number of nitrogens with zero attached hydrogens (tertiary/aromatic N) is 1. The molecule has 1 N–H and O–H groups in total. The van der Waals surface area contributed by atoms with E-state index >= 15 is 0 Å². The first-order valence-corrected chi connectivity index (χ1v) is 8.70. The van der Waals surface area contributed by atoms with Gasteiger partial charge in [-0.25, -0.2) is 4.79 Å². The molecular formula is C18H27ClN2O2. The number of rotatable bonds is 6. The summed E-state index contributed by atoms with van der Waals surface area (Å²) in [5.41, 5.74) is 1.01. The highest BCUT2D eigenvalue weighted by Crippen LogP contribution is 2.24. The van der Waals surface area contributed by atoms with Gasteiger partial charge in [-0.1, -0.05) is 37.6 Å². The molecule has 1 saturated heterocycles. The van der Waals surface area contributed by atoms with Gasteiger partial charge in [-0.15, -0.1) is 0 Å². The van der Waals surface area contributed by atoms with E-state index in [1.54, 1.807) is 0 Å². The van der Waals surface area contributed by atoms with Crippen molar-refractivity contribution in [2.45, 2.75) is 45.1 Å². The lowest BCUT2D eigenvalue weighted by atomic mass is 9.85. The fourth-order valence-electron chi connectivity index (χ4n) is 2.80. The zero-order chi connectivity index (χ0) is 16.9. The fourth-order valence-corrected chi connectivity index (χ4v) is 2.93. The number of ether oxygens (including phenoxy) is 1. The summed E-state index contributed by atoms with van der Waals surface area (Å²) in [5, 5.41) is 3.78. The van der Waals surface area contributed by atoms with Crippen LogP contribution < -0.4 is 5.32 Å². The van der Waals surface area contributed by atoms with Crippen LogP contribution in [0.25, 0.3) is 0 Å². The Hall–Kier alpha value is -1.26. The van der Waals surface area contributed by atoms with Crippen molar-refractivity contribution in [3.05, 3.63) is 34.9 Å². The first kappa shape index (κ1) is 18.1. The Bertz CT molecular complexity index is 510. The summed E-state index contributed by atoms with van der Waals surface area (Å²) >= 11 is 5.94. The first-order chi connectivity index (χ1) is 10.9. The first-order valence-electron chi connectivity index (χ1n) is 8.33. The van der Waals surface area contributed by atoms with Crippen LogP contribution in [0.1, 0.15) is 39.2 Å². The van der Waals surface area contributed by atoms with E-state index in [1.807, 2.05) is 36.1 Å². The Morgan fingerprint density at radius 3 is 2.65 bits per heavy atom. The zero-order valence-electron chi connectivity index (χ0n) is 14.3. The van der Waals surface area contributed by atoms with Crippen molar-refractivity contribution >= 4 is 17.6 Å². The number of urea groups is 1. The van der Waals surface area contributed by atoms with Gasteiger partial charge >= 0.3 is 6.03 Å². The fraction of sp³-hybridized carbons (Fsp3) is 0.611. The standard InChI is InChI=1S/C18H27ClN2O2/c1-4-21(12-16-6-5-11-23-16)17(22)20-13-18(2,3)14-7-9-15(19)10-8-14/h7-10,16H,4-6,11-13H2,1-3H3,(H,20,22). The summed E-state index contributed by atoms with van der Waals surface area (Å²) in [5.74, 6) is 0. The van der Waals surface area contributed by atoms with E-state index in [4.69, 9.17) is 16.3 Å². The molecule has 1 atom stereocenters. The molecule has 0 aliphatic carbocycles. The molecule has 0 aromatic heterocycles. The van der Waals surface area contributed by atoms with Crippen LogP contribution >= 0.6 is 11.6 Å². The largest absolute Gasteiger partial charge is 0.376 e. The molecule has 0 saturated carbocycles. The average molecular weight is 339 g/mol. The summed E-state index contributed by atoms with van der Waals surface area (Å²) in [4.78, 5) is 14.3. The van der Waals surface area contributed by atoms with Gasteiger partial charge < -0.3 is 15.0 Å². The van der Waals surface area contributed by atoms with E-state index in [2.05, 4.69) is 19.2 Å². The number of carbonyl (C=O) groups is 1. The highest BCUT2D eigenvalue weighted by atomic mass is 35.5. The molecule has 1 unspecified atom stereocenters. The third kappa shape index (κ3) is 5.11. The van der Waals surface area contributed by atoms with Gasteiger partial charge in [0, 0.05) is 36.7 Å². The van der Waals surface area contributed by atoms with Crippen LogP contribution in [0.2, 0.25) is 5.02 Å². The van der Waals surface area contributed by atoms with E-state index in [1.165, 1.54) is 0 Å². The molecule has 0 radical (unpaired) electrons. The molecule has 1 aromatic rings. The minimum absolute atomic E-state index is 0.0231. The van der Waals surface area contributed by atoms with Crippen LogP contribution in [0.3, 0.4) is 0 Å². The van der Waals surface area contributed by atoms with E-state index in [9.17, 15) is 4.79 Å². The highest BCUT2D eigenvalue weighted by molar-refractivity contribution is 6.30. The third-order valence-electron chi connectivity index (χ3n) is 4.42. The minimum Gasteiger partial charge on any atom is -0.376 e. The highest BCUT2D eigenvalue weighted by Gasteiger charge is 2.25. The molecule has 128 valence electrons. The van der Waals surface area contributed by atoms with Gasteiger partial charge in [-0.2, -0.15) is 0 Å². The zero-order valence-corrected chi connectivity index (χ0v) is 15.0. The second-order valence-electron chi connectivity index (χ2n) is 6.72. The topological polar surface area (TPSA) is 41.6 Å². The van der Waals surface area contributed by atoms with Gasteiger partial charge in [-0.05, 0) is 37.5 Å². The molecule has 1 aliphatic rings. The number of hydrogen-bond acceptors (Lipinski definition) is 2. The molecule has 2 amide bonds. The lowest BCUT2D eigenvalue weighted by Gasteiger charge is -2.29. The molecule has 0 bridgehead atoms. The predicted molar refractivity (Wildman–Crippen MR) is 94.1 cm³/mol. The number of nitrogens with one attached hydrogen (secondary N) is 1. The van der Waals surface area contributed by atoms with E-state index in [0.717, 1.165) is 30.0 Å². The summed E-state index contributed by atoms with van der Waals surface area (Å²) in [6.07, 6.45) is 2.32. The van der Waals surface area contributed by atoms with E-state index in [-0.39, 0.29) is 17.6 Å². The molecule has 1 aliphatic heterocycles. The lowest BCUT2D eigenvalue weighted by molar-refractivity contribution is 0.0824. The van der Waals surface area contributed by atoms with Crippen LogP contribution in [0.4, 0.5) is 4.79 Å². The second kappa shape index (κ2) is 8.02. The predicted octanol–water partition coefficient (Wildman–Crippen LogP) is 3.83. The van der Waals surface area contributed by atoms with Crippen LogP contribution in [0, 0.1) is 0 Å². The van der Waals surface area contributed by atoms with Crippen molar-refractivity contribution in [2.75, 3.05) is 26.2 Å². The Morgan fingerprint density at radius 1 is 1.39 bits per heavy atom. The minimum atomic E-state index is -0.149. The summed E-state index contributed by atoms with van der Waals surface area (Å²) < 4.78 is 5.63. The average Bonchev–Trinajstić information content (AvgIpc) is 3.04. The maximum Gasteiger partial charge on any atom is 0.317 e. The van der Waals surface area contributed by atoms with Crippen molar-refractivity contribution in [2.24, 2.45) is 0 Å². The Labute approximate surface area is 144 Å². The number of benzene rings is 1. The molecular weight excluding hydrogens is 312 g/mol. The van der Waals surface area contributed by atoms with Gasteiger partial charge in [0.1, 0.15) is 0 Å². The number of halogens is 1. The number of carbonyl (C=O) groups excluding carboxylic acids is 1. The van der Waals surface area contributed by atoms with Crippen LogP contribution in [-0.2, 0) is 10.2 Å². The van der Waals surface area contributed by atoms with Gasteiger partial charge in [0.25, 0.3) is 0 Å². The SMILES string of the molecule is CCN(CC1CCCO1)C(=O)NCC(C)(C)c1ccc(Cl)cc1. The van der Waals surface area contributed by atoms with Crippen molar-refractivity contribution in [1.29, 1.82) is 0 Å².